The molecule has 0 fully saturated rings. The highest BCUT2D eigenvalue weighted by molar-refractivity contribution is 5.97. The van der Waals surface area contributed by atoms with E-state index in [1.165, 1.54) is 0 Å². The quantitative estimate of drug-likeness (QED) is 0.663. The number of carbonyl (C=O) groups excluding carboxylic acids is 1. The van der Waals surface area contributed by atoms with E-state index in [4.69, 9.17) is 14.2 Å². The van der Waals surface area contributed by atoms with Gasteiger partial charge >= 0.3 is 5.97 Å². The number of hydrogen-bond acceptors (Lipinski definition) is 6. The molecule has 0 saturated carbocycles. The van der Waals surface area contributed by atoms with Crippen LogP contribution in [0, 0.1) is 0 Å². The van der Waals surface area contributed by atoms with Crippen molar-refractivity contribution in [3.63, 3.8) is 0 Å². The molecule has 0 N–H and O–H groups in total. The number of nitrogens with zero attached hydrogens (tertiary/aromatic N) is 2. The van der Waals surface area contributed by atoms with Crippen molar-refractivity contribution in [2.24, 2.45) is 0 Å². The predicted molar refractivity (Wildman–Crippen MR) is 94.0 cm³/mol. The molecular formula is C19H18N2O4. The topological polar surface area (TPSA) is 70.5 Å². The fourth-order valence-corrected chi connectivity index (χ4v) is 2.52. The zero-order valence-electron chi connectivity index (χ0n) is 14.3. The SMILES string of the molecule is CCOC(=O)c1nc2cc(OC)c(OC)cc2nc1-c1ccccc1. The van der Waals surface area contributed by atoms with Crippen LogP contribution in [0.3, 0.4) is 0 Å². The zero-order chi connectivity index (χ0) is 17.8. The molecule has 0 unspecified atom stereocenters. The van der Waals surface area contributed by atoms with Gasteiger partial charge in [-0.25, -0.2) is 14.8 Å². The molecule has 0 bridgehead atoms. The number of benzene rings is 2. The summed E-state index contributed by atoms with van der Waals surface area (Å²) in [5, 5.41) is 0. The minimum atomic E-state index is -0.509. The van der Waals surface area contributed by atoms with Gasteiger partial charge in [-0.05, 0) is 6.92 Å². The van der Waals surface area contributed by atoms with Crippen molar-refractivity contribution in [3.05, 3.63) is 48.2 Å². The normalized spacial score (nSPS) is 10.5. The Morgan fingerprint density at radius 2 is 1.56 bits per heavy atom. The molecule has 1 heterocycles. The summed E-state index contributed by atoms with van der Waals surface area (Å²) in [5.41, 5.74) is 2.56. The maximum atomic E-state index is 12.4. The maximum absolute atomic E-state index is 12.4. The van der Waals surface area contributed by atoms with Crippen LogP contribution in [0.2, 0.25) is 0 Å². The molecule has 2 aromatic carbocycles. The molecule has 6 nitrogen and oxygen atoms in total. The smallest absolute Gasteiger partial charge is 0.359 e. The van der Waals surface area contributed by atoms with E-state index in [9.17, 15) is 4.79 Å². The average molecular weight is 338 g/mol. The fraction of sp³-hybridized carbons (Fsp3) is 0.211. The van der Waals surface area contributed by atoms with E-state index in [-0.39, 0.29) is 12.3 Å². The molecule has 3 aromatic rings. The monoisotopic (exact) mass is 338 g/mol. The summed E-state index contributed by atoms with van der Waals surface area (Å²) in [4.78, 5) is 21.5. The van der Waals surface area contributed by atoms with Gasteiger partial charge in [-0.3, -0.25) is 0 Å². The van der Waals surface area contributed by atoms with Gasteiger partial charge in [0.2, 0.25) is 0 Å². The fourth-order valence-electron chi connectivity index (χ4n) is 2.52. The summed E-state index contributed by atoms with van der Waals surface area (Å²) in [6.07, 6.45) is 0. The third-order valence-corrected chi connectivity index (χ3v) is 3.69. The van der Waals surface area contributed by atoms with Crippen LogP contribution in [0.4, 0.5) is 0 Å². The Kier molecular flexibility index (Phi) is 4.79. The van der Waals surface area contributed by atoms with Crippen LogP contribution < -0.4 is 9.47 Å². The van der Waals surface area contributed by atoms with E-state index in [1.807, 2.05) is 30.3 Å². The van der Waals surface area contributed by atoms with Crippen molar-refractivity contribution < 1.29 is 19.0 Å². The van der Waals surface area contributed by atoms with Gasteiger partial charge in [0, 0.05) is 17.7 Å². The van der Waals surface area contributed by atoms with E-state index in [2.05, 4.69) is 9.97 Å². The van der Waals surface area contributed by atoms with E-state index in [0.29, 0.717) is 28.2 Å². The van der Waals surface area contributed by atoms with Crippen LogP contribution >= 0.6 is 0 Å². The second kappa shape index (κ2) is 7.17. The van der Waals surface area contributed by atoms with Gasteiger partial charge in [0.25, 0.3) is 0 Å². The minimum Gasteiger partial charge on any atom is -0.493 e. The Balaban J connectivity index is 2.27. The summed E-state index contributed by atoms with van der Waals surface area (Å²) in [6.45, 7) is 2.02. The molecule has 0 aliphatic carbocycles. The van der Waals surface area contributed by atoms with Crippen molar-refractivity contribution in [2.45, 2.75) is 6.92 Å². The number of esters is 1. The lowest BCUT2D eigenvalue weighted by molar-refractivity contribution is 0.0520. The largest absolute Gasteiger partial charge is 0.493 e. The van der Waals surface area contributed by atoms with Crippen molar-refractivity contribution in [2.75, 3.05) is 20.8 Å². The van der Waals surface area contributed by atoms with E-state index >= 15 is 0 Å². The van der Waals surface area contributed by atoms with Gasteiger partial charge in [-0.1, -0.05) is 30.3 Å². The standard InChI is InChI=1S/C19H18N2O4/c1-4-25-19(22)18-17(12-8-6-5-7-9-12)20-13-10-15(23-2)16(24-3)11-14(13)21-18/h5-11H,4H2,1-3H3. The molecule has 0 atom stereocenters. The molecule has 0 radical (unpaired) electrons. The summed E-state index contributed by atoms with van der Waals surface area (Å²) in [6, 6.07) is 12.8. The average Bonchev–Trinajstić information content (AvgIpc) is 2.66. The first-order valence-electron chi connectivity index (χ1n) is 7.84. The lowest BCUT2D eigenvalue weighted by Gasteiger charge is -2.12. The molecule has 1 aromatic heterocycles. The highest BCUT2D eigenvalue weighted by Gasteiger charge is 2.20. The lowest BCUT2D eigenvalue weighted by atomic mass is 10.1. The summed E-state index contributed by atoms with van der Waals surface area (Å²) in [7, 11) is 3.10. The first kappa shape index (κ1) is 16.7. The molecule has 6 heteroatoms. The van der Waals surface area contributed by atoms with Gasteiger partial charge in [0.15, 0.2) is 17.2 Å². The number of hydrogen-bond donors (Lipinski definition) is 0. The highest BCUT2D eigenvalue weighted by Crippen LogP contribution is 2.32. The van der Waals surface area contributed by atoms with Gasteiger partial charge in [-0.15, -0.1) is 0 Å². The number of rotatable bonds is 5. The predicted octanol–water partition coefficient (Wildman–Crippen LogP) is 3.49. The molecule has 0 saturated heterocycles. The van der Waals surface area contributed by atoms with Crippen molar-refractivity contribution >= 4 is 17.0 Å². The number of carbonyl (C=O) groups is 1. The second-order valence-corrected chi connectivity index (χ2v) is 5.20. The van der Waals surface area contributed by atoms with Crippen molar-refractivity contribution in [1.82, 2.24) is 9.97 Å². The third-order valence-electron chi connectivity index (χ3n) is 3.69. The Labute approximate surface area is 145 Å². The van der Waals surface area contributed by atoms with Crippen LogP contribution in [0.5, 0.6) is 11.5 Å². The second-order valence-electron chi connectivity index (χ2n) is 5.20. The first-order valence-corrected chi connectivity index (χ1v) is 7.84. The van der Waals surface area contributed by atoms with E-state index in [1.54, 1.807) is 33.3 Å². The first-order chi connectivity index (χ1) is 12.2. The molecule has 0 spiro atoms. The molecule has 25 heavy (non-hydrogen) atoms. The number of fused-ring (bicyclic) bond motifs is 1. The molecule has 0 aliphatic rings. The zero-order valence-corrected chi connectivity index (χ0v) is 14.3. The molecular weight excluding hydrogens is 320 g/mol. The van der Waals surface area contributed by atoms with Crippen molar-refractivity contribution in [3.8, 4) is 22.8 Å². The minimum absolute atomic E-state index is 0.174. The van der Waals surface area contributed by atoms with Gasteiger partial charge < -0.3 is 14.2 Å². The van der Waals surface area contributed by atoms with Crippen LogP contribution in [-0.2, 0) is 4.74 Å². The van der Waals surface area contributed by atoms with E-state index < -0.39 is 5.97 Å². The summed E-state index contributed by atoms with van der Waals surface area (Å²) in [5.74, 6) is 0.560. The Bertz CT molecular complexity index is 910. The van der Waals surface area contributed by atoms with E-state index in [0.717, 1.165) is 5.56 Å². The van der Waals surface area contributed by atoms with Gasteiger partial charge in [-0.2, -0.15) is 0 Å². The highest BCUT2D eigenvalue weighted by atomic mass is 16.5. The Morgan fingerprint density at radius 3 is 2.12 bits per heavy atom. The van der Waals surface area contributed by atoms with Gasteiger partial charge in [0.05, 0.1) is 31.9 Å². The molecule has 3 rings (SSSR count). The van der Waals surface area contributed by atoms with Crippen molar-refractivity contribution in [1.29, 1.82) is 0 Å². The third kappa shape index (κ3) is 3.24. The number of aromatic nitrogens is 2. The Morgan fingerprint density at radius 1 is 0.960 bits per heavy atom. The number of ether oxygens (including phenoxy) is 3. The number of methoxy groups -OCH3 is 2. The van der Waals surface area contributed by atoms with Crippen LogP contribution in [0.25, 0.3) is 22.3 Å². The van der Waals surface area contributed by atoms with Crippen LogP contribution in [-0.4, -0.2) is 36.8 Å². The van der Waals surface area contributed by atoms with Gasteiger partial charge in [0.1, 0.15) is 5.69 Å². The summed E-state index contributed by atoms with van der Waals surface area (Å²) >= 11 is 0. The van der Waals surface area contributed by atoms with Crippen LogP contribution in [0.15, 0.2) is 42.5 Å². The Hall–Kier alpha value is -3.15. The lowest BCUT2D eigenvalue weighted by Crippen LogP contribution is -2.11. The summed E-state index contributed by atoms with van der Waals surface area (Å²) < 4.78 is 15.8. The molecule has 0 aliphatic heterocycles. The van der Waals surface area contributed by atoms with Crippen LogP contribution in [0.1, 0.15) is 17.4 Å². The maximum Gasteiger partial charge on any atom is 0.359 e. The molecule has 128 valence electrons. The molecule has 0 amide bonds.